The Kier molecular flexibility index (Phi) is 7.46. The summed E-state index contributed by atoms with van der Waals surface area (Å²) in [6, 6.07) is 20.3. The first-order valence-corrected chi connectivity index (χ1v) is 10.2. The van der Waals surface area contributed by atoms with Crippen LogP contribution in [0.4, 0.5) is 10.5 Å². The van der Waals surface area contributed by atoms with Crippen molar-refractivity contribution in [1.29, 1.82) is 0 Å². The molecule has 0 saturated carbocycles. The molecule has 2 aromatic rings. The van der Waals surface area contributed by atoms with Gasteiger partial charge < -0.3 is 10.2 Å². The number of hydrogen-bond donors (Lipinski definition) is 1. The fraction of sp³-hybridized carbons (Fsp3) is 0.435. The molecule has 1 fully saturated rings. The van der Waals surface area contributed by atoms with Crippen LogP contribution in [0.1, 0.15) is 12.5 Å². The maximum absolute atomic E-state index is 13.1. The molecule has 1 saturated heterocycles. The number of piperazine rings is 1. The fourth-order valence-electron chi connectivity index (χ4n) is 3.59. The lowest BCUT2D eigenvalue weighted by Crippen LogP contribution is -2.52. The lowest BCUT2D eigenvalue weighted by atomic mass is 10.1. The number of para-hydroxylation sites is 1. The maximum Gasteiger partial charge on any atom is 0.322 e. The molecule has 1 aliphatic heterocycles. The van der Waals surface area contributed by atoms with Gasteiger partial charge in [-0.25, -0.2) is 4.79 Å². The SMILES string of the molecule is CC(CN1CCN(C)CC1)NC(=O)N(CCc1ccccc1)c1ccccc1. The fourth-order valence-corrected chi connectivity index (χ4v) is 3.59. The summed E-state index contributed by atoms with van der Waals surface area (Å²) in [7, 11) is 2.16. The van der Waals surface area contributed by atoms with E-state index in [4.69, 9.17) is 0 Å². The van der Waals surface area contributed by atoms with Gasteiger partial charge in [0.25, 0.3) is 0 Å². The van der Waals surface area contributed by atoms with Crippen molar-refractivity contribution >= 4 is 11.7 Å². The molecule has 0 aliphatic carbocycles. The number of likely N-dealkylation sites (N-methyl/N-ethyl adjacent to an activating group) is 1. The van der Waals surface area contributed by atoms with Crippen molar-refractivity contribution in [3.05, 3.63) is 66.2 Å². The molecule has 1 N–H and O–H groups in total. The van der Waals surface area contributed by atoms with Crippen LogP contribution >= 0.6 is 0 Å². The molecule has 5 nitrogen and oxygen atoms in total. The smallest absolute Gasteiger partial charge is 0.322 e. The van der Waals surface area contributed by atoms with Gasteiger partial charge in [0.15, 0.2) is 0 Å². The molecule has 0 radical (unpaired) electrons. The summed E-state index contributed by atoms with van der Waals surface area (Å²) in [5, 5.41) is 3.20. The Balaban J connectivity index is 1.59. The molecule has 150 valence electrons. The molecular weight excluding hydrogens is 348 g/mol. The monoisotopic (exact) mass is 380 g/mol. The van der Waals surface area contributed by atoms with E-state index in [1.165, 1.54) is 5.56 Å². The van der Waals surface area contributed by atoms with E-state index in [1.54, 1.807) is 0 Å². The standard InChI is InChI=1S/C23H32N4O/c1-20(19-26-17-15-25(2)16-18-26)24-23(28)27(22-11-7-4-8-12-22)14-13-21-9-5-3-6-10-21/h3-12,20H,13-19H2,1-2H3,(H,24,28). The summed E-state index contributed by atoms with van der Waals surface area (Å²) in [6.07, 6.45) is 0.829. The molecule has 5 heteroatoms. The number of rotatable bonds is 7. The second-order valence-electron chi connectivity index (χ2n) is 7.68. The number of nitrogens with one attached hydrogen (secondary N) is 1. The zero-order valence-corrected chi connectivity index (χ0v) is 17.1. The van der Waals surface area contributed by atoms with Crippen LogP contribution in [0.3, 0.4) is 0 Å². The molecule has 0 aromatic heterocycles. The highest BCUT2D eigenvalue weighted by Gasteiger charge is 2.20. The minimum atomic E-state index is -0.0243. The minimum absolute atomic E-state index is 0.0243. The predicted molar refractivity (Wildman–Crippen MR) is 116 cm³/mol. The molecule has 0 spiro atoms. The van der Waals surface area contributed by atoms with Crippen LogP contribution in [0, 0.1) is 0 Å². The van der Waals surface area contributed by atoms with Crippen molar-refractivity contribution in [1.82, 2.24) is 15.1 Å². The Morgan fingerprint density at radius 2 is 1.61 bits per heavy atom. The van der Waals surface area contributed by atoms with E-state index < -0.39 is 0 Å². The maximum atomic E-state index is 13.1. The third-order valence-corrected chi connectivity index (χ3v) is 5.28. The van der Waals surface area contributed by atoms with Gasteiger partial charge in [-0.2, -0.15) is 0 Å². The molecular formula is C23H32N4O. The predicted octanol–water partition coefficient (Wildman–Crippen LogP) is 3.08. The highest BCUT2D eigenvalue weighted by atomic mass is 16.2. The topological polar surface area (TPSA) is 38.8 Å². The number of nitrogens with zero attached hydrogens (tertiary/aromatic N) is 3. The lowest BCUT2D eigenvalue weighted by molar-refractivity contribution is 0.145. The molecule has 3 rings (SSSR count). The van der Waals surface area contributed by atoms with Crippen LogP contribution in [0.25, 0.3) is 0 Å². The van der Waals surface area contributed by atoms with Crippen molar-refractivity contribution in [2.75, 3.05) is 51.2 Å². The summed E-state index contributed by atoms with van der Waals surface area (Å²) >= 11 is 0. The third-order valence-electron chi connectivity index (χ3n) is 5.28. The molecule has 2 aromatic carbocycles. The van der Waals surface area contributed by atoms with Gasteiger partial charge in [0.1, 0.15) is 0 Å². The van der Waals surface area contributed by atoms with Crippen molar-refractivity contribution in [3.8, 4) is 0 Å². The summed E-state index contributed by atoms with van der Waals surface area (Å²) in [4.78, 5) is 19.7. The van der Waals surface area contributed by atoms with Crippen LogP contribution in [-0.2, 0) is 6.42 Å². The van der Waals surface area contributed by atoms with Gasteiger partial charge >= 0.3 is 6.03 Å². The normalized spacial score (nSPS) is 16.5. The number of benzene rings is 2. The first-order valence-electron chi connectivity index (χ1n) is 10.2. The highest BCUT2D eigenvalue weighted by Crippen LogP contribution is 2.15. The molecule has 1 unspecified atom stereocenters. The van der Waals surface area contributed by atoms with E-state index >= 15 is 0 Å². The zero-order chi connectivity index (χ0) is 19.8. The quantitative estimate of drug-likeness (QED) is 0.802. The second kappa shape index (κ2) is 10.2. The molecule has 1 aliphatic rings. The van der Waals surface area contributed by atoms with Gasteiger partial charge in [-0.15, -0.1) is 0 Å². The van der Waals surface area contributed by atoms with Crippen LogP contribution in [0.2, 0.25) is 0 Å². The minimum Gasteiger partial charge on any atom is -0.334 e. The van der Waals surface area contributed by atoms with Gasteiger partial charge in [-0.1, -0.05) is 48.5 Å². The first kappa shape index (κ1) is 20.4. The largest absolute Gasteiger partial charge is 0.334 e. The Hall–Kier alpha value is -2.37. The first-order chi connectivity index (χ1) is 13.6. The van der Waals surface area contributed by atoms with Gasteiger partial charge in [0.2, 0.25) is 0 Å². The van der Waals surface area contributed by atoms with E-state index in [0.717, 1.165) is 44.8 Å². The summed E-state index contributed by atoms with van der Waals surface area (Å²) in [5.41, 5.74) is 2.17. The third kappa shape index (κ3) is 6.08. The molecule has 2 amide bonds. The average Bonchev–Trinajstić information content (AvgIpc) is 2.71. The number of amides is 2. The van der Waals surface area contributed by atoms with Gasteiger partial charge in [0, 0.05) is 51.0 Å². The highest BCUT2D eigenvalue weighted by molar-refractivity contribution is 5.92. The Morgan fingerprint density at radius 1 is 1.00 bits per heavy atom. The van der Waals surface area contributed by atoms with Gasteiger partial charge in [-0.05, 0) is 38.1 Å². The summed E-state index contributed by atoms with van der Waals surface area (Å²) in [6.45, 7) is 7.95. The number of hydrogen-bond acceptors (Lipinski definition) is 3. The Bertz CT molecular complexity index is 714. The van der Waals surface area contributed by atoms with Crippen molar-refractivity contribution in [2.24, 2.45) is 0 Å². The van der Waals surface area contributed by atoms with Crippen molar-refractivity contribution in [2.45, 2.75) is 19.4 Å². The molecule has 1 heterocycles. The molecule has 1 atom stereocenters. The van der Waals surface area contributed by atoms with E-state index in [-0.39, 0.29) is 12.1 Å². The number of anilines is 1. The number of urea groups is 1. The van der Waals surface area contributed by atoms with Gasteiger partial charge in [0.05, 0.1) is 0 Å². The van der Waals surface area contributed by atoms with Gasteiger partial charge in [-0.3, -0.25) is 9.80 Å². The van der Waals surface area contributed by atoms with Crippen LogP contribution in [0.15, 0.2) is 60.7 Å². The number of carbonyl (C=O) groups is 1. The average molecular weight is 381 g/mol. The van der Waals surface area contributed by atoms with E-state index in [9.17, 15) is 4.79 Å². The Morgan fingerprint density at radius 3 is 2.25 bits per heavy atom. The van der Waals surface area contributed by atoms with E-state index in [2.05, 4.69) is 41.2 Å². The molecule has 0 bridgehead atoms. The number of carbonyl (C=O) groups excluding carboxylic acids is 1. The summed E-state index contributed by atoms with van der Waals surface area (Å²) in [5.74, 6) is 0. The van der Waals surface area contributed by atoms with E-state index in [0.29, 0.717) is 6.54 Å². The van der Waals surface area contributed by atoms with Crippen LogP contribution < -0.4 is 10.2 Å². The lowest BCUT2D eigenvalue weighted by Gasteiger charge is -2.34. The molecule has 28 heavy (non-hydrogen) atoms. The second-order valence-corrected chi connectivity index (χ2v) is 7.68. The summed E-state index contributed by atoms with van der Waals surface area (Å²) < 4.78 is 0. The van der Waals surface area contributed by atoms with Crippen LogP contribution in [-0.4, -0.2) is 68.2 Å². The zero-order valence-electron chi connectivity index (χ0n) is 17.1. The Labute approximate surface area is 168 Å². The van der Waals surface area contributed by atoms with Crippen molar-refractivity contribution in [3.63, 3.8) is 0 Å². The van der Waals surface area contributed by atoms with E-state index in [1.807, 2.05) is 53.4 Å². The van der Waals surface area contributed by atoms with Crippen molar-refractivity contribution < 1.29 is 4.79 Å². The van der Waals surface area contributed by atoms with Crippen LogP contribution in [0.5, 0.6) is 0 Å².